The maximum absolute atomic E-state index is 12.5. The number of nitrogens with zero attached hydrogens (tertiary/aromatic N) is 4. The molecule has 0 aliphatic heterocycles. The summed E-state index contributed by atoms with van der Waals surface area (Å²) in [4.78, 5) is 12.4. The summed E-state index contributed by atoms with van der Waals surface area (Å²) >= 11 is 0. The van der Waals surface area contributed by atoms with Crippen molar-refractivity contribution < 1.29 is 9.77 Å². The summed E-state index contributed by atoms with van der Waals surface area (Å²) in [6.45, 7) is 3.27. The minimum Gasteiger partial charge on any atom is -0.692 e. The quantitative estimate of drug-likeness (QED) is 0.312. The highest BCUT2D eigenvalue weighted by Crippen LogP contribution is 2.27. The third-order valence-corrected chi connectivity index (χ3v) is 3.43. The van der Waals surface area contributed by atoms with Crippen LogP contribution >= 0.6 is 0 Å². The summed E-state index contributed by atoms with van der Waals surface area (Å²) < 4.78 is 0. The Morgan fingerprint density at radius 3 is 2.52 bits per heavy atom. The smallest absolute Gasteiger partial charge is 0.277 e. The zero-order valence-corrected chi connectivity index (χ0v) is 11.5. The lowest BCUT2D eigenvalue weighted by Crippen LogP contribution is -2.37. The molecule has 2 aromatic carbocycles. The van der Waals surface area contributed by atoms with Crippen LogP contribution < -0.4 is 4.85 Å². The lowest BCUT2D eigenvalue weighted by atomic mass is 10.1. The largest absolute Gasteiger partial charge is 0.692 e. The molecule has 0 saturated carbocycles. The van der Waals surface area contributed by atoms with Gasteiger partial charge in [0.1, 0.15) is 5.69 Å². The van der Waals surface area contributed by atoms with Gasteiger partial charge in [-0.3, -0.25) is 10.1 Å². The van der Waals surface area contributed by atoms with Crippen LogP contribution in [0.2, 0.25) is 0 Å². The number of fused-ring (bicyclic) bond motifs is 1. The van der Waals surface area contributed by atoms with Gasteiger partial charge in [0.15, 0.2) is 0 Å². The van der Waals surface area contributed by atoms with E-state index in [9.17, 15) is 15.3 Å². The van der Waals surface area contributed by atoms with Crippen molar-refractivity contribution in [1.82, 2.24) is 9.90 Å². The van der Waals surface area contributed by atoms with Crippen LogP contribution in [0.5, 0.6) is 0 Å². The zero-order valence-electron chi connectivity index (χ0n) is 11.5. The average molecular weight is 284 g/mol. The fourth-order valence-corrected chi connectivity index (χ4v) is 2.37. The first-order valence-electron chi connectivity index (χ1n) is 6.33. The molecule has 21 heavy (non-hydrogen) atoms. The number of rotatable bonds is 2. The normalized spacial score (nSPS) is 11.0. The van der Waals surface area contributed by atoms with Gasteiger partial charge in [-0.05, 0) is 30.8 Å². The minimum absolute atomic E-state index is 0.0720. The van der Waals surface area contributed by atoms with Crippen LogP contribution in [0.15, 0.2) is 36.4 Å². The third-order valence-electron chi connectivity index (χ3n) is 3.43. The van der Waals surface area contributed by atoms with E-state index >= 15 is 0 Å². The number of aryl methyl sites for hydroxylation is 2. The van der Waals surface area contributed by atoms with Crippen LogP contribution in [0.3, 0.4) is 0 Å². The maximum Gasteiger partial charge on any atom is 0.277 e. The van der Waals surface area contributed by atoms with Gasteiger partial charge < -0.3 is 5.21 Å². The van der Waals surface area contributed by atoms with Crippen LogP contribution in [0, 0.1) is 29.2 Å². The lowest BCUT2D eigenvalue weighted by Gasteiger charge is -2.05. The molecule has 0 saturated heterocycles. The van der Waals surface area contributed by atoms with Gasteiger partial charge in [-0.15, -0.1) is 4.85 Å². The predicted octanol–water partition coefficient (Wildman–Crippen LogP) is 2.18. The van der Waals surface area contributed by atoms with Crippen molar-refractivity contribution in [2.24, 2.45) is 0 Å². The van der Waals surface area contributed by atoms with Crippen LogP contribution in [0.4, 0.5) is 5.69 Å². The molecular formula is C14H12N4O3. The van der Waals surface area contributed by atoms with Crippen molar-refractivity contribution >= 4 is 16.7 Å². The topological polar surface area (TPSA) is 87.9 Å². The van der Waals surface area contributed by atoms with Crippen molar-refractivity contribution in [2.45, 2.75) is 13.8 Å². The standard InChI is InChI=1S/C14H12N4O3/c1-9-8-12(18(20)21)10(2)14-13(9)15-16(17(14)19)11-6-4-3-5-7-11/h3-8H,1-2H3. The Kier molecular flexibility index (Phi) is 2.83. The maximum atomic E-state index is 12.5. The molecule has 3 aromatic rings. The second kappa shape index (κ2) is 4.55. The van der Waals surface area contributed by atoms with Crippen molar-refractivity contribution in [3.05, 3.63) is 62.8 Å². The molecule has 0 bridgehead atoms. The molecule has 7 heteroatoms. The zero-order chi connectivity index (χ0) is 15.1. The van der Waals surface area contributed by atoms with E-state index in [1.165, 1.54) is 10.9 Å². The molecule has 0 atom stereocenters. The Labute approximate surface area is 119 Å². The van der Waals surface area contributed by atoms with Gasteiger partial charge in [0, 0.05) is 11.6 Å². The Balaban J connectivity index is 2.38. The Bertz CT molecular complexity index is 856. The highest BCUT2D eigenvalue weighted by Gasteiger charge is 2.26. The van der Waals surface area contributed by atoms with Crippen LogP contribution in [0.1, 0.15) is 11.1 Å². The molecule has 0 aliphatic carbocycles. The van der Waals surface area contributed by atoms with Crippen molar-refractivity contribution in [3.8, 4) is 5.69 Å². The highest BCUT2D eigenvalue weighted by molar-refractivity contribution is 5.82. The SMILES string of the molecule is Cc1cc([N+](=O)[O-])c(C)c2c1nn(-c1ccccc1)[n+]2[O-]. The van der Waals surface area contributed by atoms with Crippen LogP contribution in [0.25, 0.3) is 16.7 Å². The Hall–Kier alpha value is -2.96. The fraction of sp³-hybridized carbons (Fsp3) is 0.143. The van der Waals surface area contributed by atoms with Gasteiger partial charge in [-0.2, -0.15) is 0 Å². The second-order valence-electron chi connectivity index (χ2n) is 4.79. The minimum atomic E-state index is -0.484. The highest BCUT2D eigenvalue weighted by atomic mass is 16.6. The average Bonchev–Trinajstić information content (AvgIpc) is 2.82. The summed E-state index contributed by atoms with van der Waals surface area (Å²) in [5.74, 6) is 0. The first-order valence-corrected chi connectivity index (χ1v) is 6.33. The number of benzene rings is 2. The van der Waals surface area contributed by atoms with E-state index in [1.807, 2.05) is 6.07 Å². The number of nitro benzene ring substituents is 1. The number of para-hydroxylation sites is 1. The number of hydrogen-bond donors (Lipinski definition) is 0. The van der Waals surface area contributed by atoms with E-state index in [-0.39, 0.29) is 11.2 Å². The van der Waals surface area contributed by atoms with Gasteiger partial charge in [0.25, 0.3) is 11.2 Å². The van der Waals surface area contributed by atoms with E-state index in [0.29, 0.717) is 27.2 Å². The molecule has 106 valence electrons. The van der Waals surface area contributed by atoms with Gasteiger partial charge in [0.05, 0.1) is 15.6 Å². The van der Waals surface area contributed by atoms with E-state index in [0.717, 1.165) is 0 Å². The van der Waals surface area contributed by atoms with Gasteiger partial charge in [-0.1, -0.05) is 18.2 Å². The number of hydrogen-bond acceptors (Lipinski definition) is 4. The monoisotopic (exact) mass is 284 g/mol. The third kappa shape index (κ3) is 1.90. The van der Waals surface area contributed by atoms with Crippen LogP contribution in [-0.4, -0.2) is 14.8 Å². The van der Waals surface area contributed by atoms with Crippen molar-refractivity contribution in [3.63, 3.8) is 0 Å². The molecule has 0 fully saturated rings. The molecule has 0 amide bonds. The molecule has 0 radical (unpaired) electrons. The molecular weight excluding hydrogens is 272 g/mol. The first-order chi connectivity index (χ1) is 10.0. The second-order valence-corrected chi connectivity index (χ2v) is 4.79. The van der Waals surface area contributed by atoms with E-state index in [2.05, 4.69) is 5.10 Å². The molecule has 0 aliphatic rings. The van der Waals surface area contributed by atoms with E-state index in [4.69, 9.17) is 0 Å². The number of nitro groups is 1. The van der Waals surface area contributed by atoms with E-state index < -0.39 is 4.92 Å². The lowest BCUT2D eigenvalue weighted by molar-refractivity contribution is -0.664. The molecule has 1 aromatic heterocycles. The van der Waals surface area contributed by atoms with Gasteiger partial charge in [0.2, 0.25) is 5.52 Å². The Morgan fingerprint density at radius 2 is 1.90 bits per heavy atom. The van der Waals surface area contributed by atoms with Gasteiger partial charge >= 0.3 is 0 Å². The summed E-state index contributed by atoms with van der Waals surface area (Å²) in [6, 6.07) is 10.4. The first kappa shape index (κ1) is 13.0. The van der Waals surface area contributed by atoms with Crippen LogP contribution in [-0.2, 0) is 0 Å². The molecule has 0 unspecified atom stereocenters. The molecule has 1 heterocycles. The summed E-state index contributed by atoms with van der Waals surface area (Å²) in [5, 5.41) is 27.8. The predicted molar refractivity (Wildman–Crippen MR) is 76.2 cm³/mol. The van der Waals surface area contributed by atoms with E-state index in [1.54, 1.807) is 38.1 Å². The molecule has 3 rings (SSSR count). The Morgan fingerprint density at radius 1 is 1.24 bits per heavy atom. The molecule has 7 nitrogen and oxygen atoms in total. The van der Waals surface area contributed by atoms with Gasteiger partial charge in [-0.25, -0.2) is 0 Å². The van der Waals surface area contributed by atoms with Crippen molar-refractivity contribution in [2.75, 3.05) is 0 Å². The summed E-state index contributed by atoms with van der Waals surface area (Å²) in [5.41, 5.74) is 2.14. The van der Waals surface area contributed by atoms with Crippen molar-refractivity contribution in [1.29, 1.82) is 0 Å². The molecule has 0 N–H and O–H groups in total. The molecule has 0 spiro atoms. The summed E-state index contributed by atoms with van der Waals surface area (Å²) in [6.07, 6.45) is 0. The number of aromatic nitrogens is 3. The fourth-order valence-electron chi connectivity index (χ4n) is 2.37. The summed E-state index contributed by atoms with van der Waals surface area (Å²) in [7, 11) is 0.